The summed E-state index contributed by atoms with van der Waals surface area (Å²) in [6.45, 7) is 4.03. The van der Waals surface area contributed by atoms with E-state index in [2.05, 4.69) is 111 Å². The molecule has 0 aromatic rings. The summed E-state index contributed by atoms with van der Waals surface area (Å²) in [7, 11) is -5.04. The molecular weight excluding hydrogens is 848 g/mol. The zero-order valence-electron chi connectivity index (χ0n) is 39.7. The van der Waals surface area contributed by atoms with E-state index in [1.165, 1.54) is 12.8 Å². The molecular formula is C52H87O12P. The summed E-state index contributed by atoms with van der Waals surface area (Å²) >= 11 is 0. The maximum atomic E-state index is 12.8. The molecule has 0 aromatic carbocycles. The Balaban J connectivity index is 2.38. The topological polar surface area (TPSA) is 192 Å². The Hall–Kier alpha value is -2.74. The van der Waals surface area contributed by atoms with Crippen LogP contribution in [0.15, 0.2) is 97.2 Å². The molecule has 6 atom stereocenters. The molecule has 1 aliphatic rings. The second-order valence-electron chi connectivity index (χ2n) is 16.6. The second-order valence-corrected chi connectivity index (χ2v) is 18.0. The predicted molar refractivity (Wildman–Crippen MR) is 262 cm³/mol. The summed E-state index contributed by atoms with van der Waals surface area (Å²) in [5.41, 5.74) is 0. The molecule has 0 heterocycles. The highest BCUT2D eigenvalue weighted by Crippen LogP contribution is 2.47. The van der Waals surface area contributed by atoms with Crippen molar-refractivity contribution in [1.82, 2.24) is 0 Å². The molecule has 1 fully saturated rings. The largest absolute Gasteiger partial charge is 0.472 e. The first-order valence-corrected chi connectivity index (χ1v) is 26.1. The van der Waals surface area contributed by atoms with E-state index in [4.69, 9.17) is 18.5 Å². The first kappa shape index (κ1) is 60.3. The van der Waals surface area contributed by atoms with Crippen molar-refractivity contribution in [2.75, 3.05) is 19.8 Å². The first-order valence-electron chi connectivity index (χ1n) is 24.6. The van der Waals surface area contributed by atoms with Crippen LogP contribution >= 0.6 is 7.82 Å². The third-order valence-electron chi connectivity index (χ3n) is 10.7. The van der Waals surface area contributed by atoms with Crippen molar-refractivity contribution >= 4 is 13.8 Å². The molecule has 6 unspecified atom stereocenters. The van der Waals surface area contributed by atoms with Crippen molar-refractivity contribution in [3.05, 3.63) is 97.2 Å². The number of carbonyl (C=O) groups is 1. The second kappa shape index (κ2) is 41.4. The minimum atomic E-state index is -5.04. The van der Waals surface area contributed by atoms with Gasteiger partial charge in [0, 0.05) is 13.0 Å². The Morgan fingerprint density at radius 2 is 0.908 bits per heavy atom. The predicted octanol–water partition coefficient (Wildman–Crippen LogP) is 10.7. The Kier molecular flexibility index (Phi) is 38.4. The molecule has 6 N–H and O–H groups in total. The van der Waals surface area contributed by atoms with E-state index in [1.807, 2.05) is 0 Å². The molecule has 12 nitrogen and oxygen atoms in total. The number of phosphoric acid groups is 1. The van der Waals surface area contributed by atoms with Gasteiger partial charge in [0.2, 0.25) is 0 Å². The molecule has 1 rings (SSSR count). The van der Waals surface area contributed by atoms with E-state index in [0.29, 0.717) is 13.0 Å². The van der Waals surface area contributed by atoms with Crippen LogP contribution < -0.4 is 0 Å². The van der Waals surface area contributed by atoms with Crippen LogP contribution in [0.5, 0.6) is 0 Å². The van der Waals surface area contributed by atoms with Crippen LogP contribution in [0, 0.1) is 0 Å². The van der Waals surface area contributed by atoms with Crippen LogP contribution in [0.2, 0.25) is 0 Å². The molecule has 0 saturated heterocycles. The summed E-state index contributed by atoms with van der Waals surface area (Å²) in [6.07, 6.45) is 44.7. The molecule has 0 aromatic heterocycles. The lowest BCUT2D eigenvalue weighted by Crippen LogP contribution is -2.64. The standard InChI is InChI=1S/C52H87O12P/c1-3-5-7-9-11-13-15-17-19-20-21-22-23-24-25-26-27-28-30-32-34-36-38-40-42-61-43-45(44-62-65(59,60)64-52-50(57)48(55)47(54)49(56)51(52)58)63-46(53)41-39-37-35-33-31-29-18-16-14-12-10-8-6-4-2/h5,7,10-13,16-19,21-22,24-25,27-28,45,47-52,54-58H,3-4,6,8-9,14-15,20,23,26,29-44H2,1-2H3,(H,59,60)/b7-5-,12-10-,13-11-,18-16-,19-17-,22-21-,25-24-,28-27-. The SMILES string of the molecule is CC/C=C\C/C=C\C/C=C\C/C=C\C/C=C\C/C=C\CCCCCCCOCC(COP(=O)(O)OC1C(O)C(O)C(O)C(O)C1O)OC(=O)CCCCCCC/C=C\C/C=C\CCCC. The number of aliphatic hydroxyl groups is 5. The van der Waals surface area contributed by atoms with Crippen molar-refractivity contribution in [2.24, 2.45) is 0 Å². The van der Waals surface area contributed by atoms with Gasteiger partial charge in [-0.05, 0) is 89.9 Å². The van der Waals surface area contributed by atoms with Crippen LogP contribution in [0.1, 0.15) is 162 Å². The van der Waals surface area contributed by atoms with E-state index in [-0.39, 0.29) is 13.0 Å². The molecule has 0 radical (unpaired) electrons. The number of carbonyl (C=O) groups excluding carboxylic acids is 1. The Morgan fingerprint density at radius 1 is 0.508 bits per heavy atom. The van der Waals surface area contributed by atoms with Crippen LogP contribution in [0.25, 0.3) is 0 Å². The van der Waals surface area contributed by atoms with Crippen molar-refractivity contribution in [1.29, 1.82) is 0 Å². The third-order valence-corrected chi connectivity index (χ3v) is 11.7. The van der Waals surface area contributed by atoms with Crippen molar-refractivity contribution in [2.45, 2.75) is 204 Å². The van der Waals surface area contributed by atoms with Crippen molar-refractivity contribution in [3.8, 4) is 0 Å². The molecule has 372 valence electrons. The monoisotopic (exact) mass is 935 g/mol. The van der Waals surface area contributed by atoms with E-state index < -0.39 is 63.1 Å². The van der Waals surface area contributed by atoms with Gasteiger partial charge in [-0.25, -0.2) is 4.57 Å². The highest BCUT2D eigenvalue weighted by atomic mass is 31.2. The molecule has 13 heteroatoms. The smallest absolute Gasteiger partial charge is 0.457 e. The van der Waals surface area contributed by atoms with Gasteiger partial charge in [-0.15, -0.1) is 0 Å². The van der Waals surface area contributed by atoms with Crippen molar-refractivity contribution in [3.63, 3.8) is 0 Å². The van der Waals surface area contributed by atoms with Crippen LogP contribution in [0.3, 0.4) is 0 Å². The molecule has 65 heavy (non-hydrogen) atoms. The van der Waals surface area contributed by atoms with Gasteiger partial charge >= 0.3 is 13.8 Å². The Morgan fingerprint density at radius 3 is 1.38 bits per heavy atom. The normalized spacial score (nSPS) is 22.4. The summed E-state index contributed by atoms with van der Waals surface area (Å²) < 4.78 is 34.2. The van der Waals surface area contributed by atoms with E-state index in [1.54, 1.807) is 0 Å². The van der Waals surface area contributed by atoms with Crippen LogP contribution in [0.4, 0.5) is 0 Å². The molecule has 1 saturated carbocycles. The number of hydrogen-bond donors (Lipinski definition) is 6. The summed E-state index contributed by atoms with van der Waals surface area (Å²) in [6, 6.07) is 0. The van der Waals surface area contributed by atoms with Gasteiger partial charge in [0.1, 0.15) is 42.7 Å². The summed E-state index contributed by atoms with van der Waals surface area (Å²) in [5, 5.41) is 50.2. The molecule has 0 spiro atoms. The number of ether oxygens (including phenoxy) is 2. The number of unbranched alkanes of at least 4 members (excludes halogenated alkanes) is 12. The van der Waals surface area contributed by atoms with Crippen LogP contribution in [-0.2, 0) is 27.9 Å². The number of phosphoric ester groups is 1. The van der Waals surface area contributed by atoms with Gasteiger partial charge < -0.3 is 39.9 Å². The fraction of sp³-hybridized carbons (Fsp3) is 0.673. The minimum Gasteiger partial charge on any atom is -0.457 e. The highest BCUT2D eigenvalue weighted by Gasteiger charge is 2.51. The lowest BCUT2D eigenvalue weighted by molar-refractivity contribution is -0.220. The number of hydrogen-bond acceptors (Lipinski definition) is 11. The lowest BCUT2D eigenvalue weighted by Gasteiger charge is -2.41. The van der Waals surface area contributed by atoms with Gasteiger partial charge in [-0.3, -0.25) is 13.8 Å². The Labute approximate surface area is 392 Å². The van der Waals surface area contributed by atoms with Gasteiger partial charge in [-0.2, -0.15) is 0 Å². The maximum Gasteiger partial charge on any atom is 0.472 e. The van der Waals surface area contributed by atoms with E-state index in [9.17, 15) is 39.8 Å². The minimum absolute atomic E-state index is 0.102. The van der Waals surface area contributed by atoms with Crippen molar-refractivity contribution < 1.29 is 58.3 Å². The van der Waals surface area contributed by atoms with Gasteiger partial charge in [0.25, 0.3) is 0 Å². The van der Waals surface area contributed by atoms with Crippen LogP contribution in [-0.4, -0.2) is 98.9 Å². The average Bonchev–Trinajstić information content (AvgIpc) is 3.29. The quantitative estimate of drug-likeness (QED) is 0.0148. The zero-order valence-corrected chi connectivity index (χ0v) is 40.6. The lowest BCUT2D eigenvalue weighted by atomic mass is 9.85. The number of esters is 1. The van der Waals surface area contributed by atoms with E-state index >= 15 is 0 Å². The maximum absolute atomic E-state index is 12.8. The summed E-state index contributed by atoms with van der Waals surface area (Å²) in [5.74, 6) is -0.504. The third kappa shape index (κ3) is 33.4. The van der Waals surface area contributed by atoms with Gasteiger partial charge in [0.05, 0.1) is 13.2 Å². The number of aliphatic hydroxyl groups excluding tert-OH is 5. The summed E-state index contributed by atoms with van der Waals surface area (Å²) in [4.78, 5) is 23.2. The van der Waals surface area contributed by atoms with E-state index in [0.717, 1.165) is 122 Å². The average molecular weight is 935 g/mol. The first-order chi connectivity index (χ1) is 31.5. The fourth-order valence-electron chi connectivity index (χ4n) is 6.79. The molecule has 0 bridgehead atoms. The highest BCUT2D eigenvalue weighted by molar-refractivity contribution is 7.47. The molecule has 0 aliphatic heterocycles. The fourth-order valence-corrected chi connectivity index (χ4v) is 7.76. The Bertz CT molecular complexity index is 1440. The van der Waals surface area contributed by atoms with Gasteiger partial charge in [0.15, 0.2) is 0 Å². The van der Waals surface area contributed by atoms with Gasteiger partial charge in [-0.1, -0.05) is 162 Å². The zero-order chi connectivity index (χ0) is 47.6. The molecule has 0 amide bonds. The molecule has 1 aliphatic carbocycles. The number of allylic oxidation sites excluding steroid dienone is 16. The number of rotatable bonds is 40.